The van der Waals surface area contributed by atoms with Gasteiger partial charge in [0.15, 0.2) is 0 Å². The van der Waals surface area contributed by atoms with Crippen molar-refractivity contribution in [3.8, 4) is 0 Å². The quantitative estimate of drug-likeness (QED) is 0.648. The molecule has 4 heteroatoms. The average molecular weight is 301 g/mol. The molecule has 22 heavy (non-hydrogen) atoms. The molecule has 0 bridgehead atoms. The third kappa shape index (κ3) is 3.50. The lowest BCUT2D eigenvalue weighted by Crippen LogP contribution is -2.46. The van der Waals surface area contributed by atoms with Crippen molar-refractivity contribution in [2.24, 2.45) is 0 Å². The van der Waals surface area contributed by atoms with E-state index in [1.165, 1.54) is 24.7 Å². The SMILES string of the molecule is N=CN1CCN(CCOC2(c3ccccc3)CCCC2)CC1. The summed E-state index contributed by atoms with van der Waals surface area (Å²) in [5.74, 6) is 0. The molecule has 2 aliphatic rings. The van der Waals surface area contributed by atoms with E-state index in [-0.39, 0.29) is 5.60 Å². The van der Waals surface area contributed by atoms with Gasteiger partial charge in [-0.05, 0) is 18.4 Å². The molecule has 1 aliphatic heterocycles. The summed E-state index contributed by atoms with van der Waals surface area (Å²) in [4.78, 5) is 4.52. The Morgan fingerprint density at radius 3 is 2.36 bits per heavy atom. The Labute approximate surface area is 133 Å². The molecular formula is C18H27N3O. The molecule has 0 amide bonds. The second-order valence-corrected chi connectivity index (χ2v) is 6.42. The molecule has 1 aromatic carbocycles. The standard InChI is InChI=1S/C18H27N3O/c19-16-21-12-10-20(11-13-21)14-15-22-18(8-4-5-9-18)17-6-2-1-3-7-17/h1-3,6-7,16,19H,4-5,8-15H2. The number of rotatable bonds is 6. The largest absolute Gasteiger partial charge is 0.369 e. The highest BCUT2D eigenvalue weighted by molar-refractivity contribution is 5.50. The minimum absolute atomic E-state index is 0.0436. The van der Waals surface area contributed by atoms with Gasteiger partial charge in [-0.1, -0.05) is 43.2 Å². The number of ether oxygens (including phenoxy) is 1. The van der Waals surface area contributed by atoms with E-state index in [0.29, 0.717) is 0 Å². The lowest BCUT2D eigenvalue weighted by Gasteiger charge is -2.35. The summed E-state index contributed by atoms with van der Waals surface area (Å²) in [6, 6.07) is 10.8. The fourth-order valence-electron chi connectivity index (χ4n) is 3.69. The van der Waals surface area contributed by atoms with E-state index in [1.54, 1.807) is 0 Å². The van der Waals surface area contributed by atoms with E-state index in [4.69, 9.17) is 10.1 Å². The summed E-state index contributed by atoms with van der Waals surface area (Å²) in [6.07, 6.45) is 6.30. The molecule has 1 saturated heterocycles. The third-order valence-electron chi connectivity index (χ3n) is 5.09. The van der Waals surface area contributed by atoms with E-state index < -0.39 is 0 Å². The number of nitrogens with zero attached hydrogens (tertiary/aromatic N) is 2. The van der Waals surface area contributed by atoms with Crippen molar-refractivity contribution in [1.82, 2.24) is 9.80 Å². The molecule has 0 aromatic heterocycles. The highest BCUT2D eigenvalue weighted by Crippen LogP contribution is 2.41. The topological polar surface area (TPSA) is 39.6 Å². The van der Waals surface area contributed by atoms with Crippen LogP contribution in [-0.2, 0) is 10.3 Å². The maximum Gasteiger partial charge on any atom is 0.0931 e. The molecule has 1 saturated carbocycles. The van der Waals surface area contributed by atoms with Crippen LogP contribution in [0.25, 0.3) is 0 Å². The maximum absolute atomic E-state index is 7.29. The molecule has 4 nitrogen and oxygen atoms in total. The summed E-state index contributed by atoms with van der Waals surface area (Å²) >= 11 is 0. The summed E-state index contributed by atoms with van der Waals surface area (Å²) in [5.41, 5.74) is 1.30. The van der Waals surface area contributed by atoms with E-state index in [1.807, 2.05) is 0 Å². The Morgan fingerprint density at radius 1 is 1.05 bits per heavy atom. The number of piperazine rings is 1. The van der Waals surface area contributed by atoms with Crippen molar-refractivity contribution in [1.29, 1.82) is 5.41 Å². The van der Waals surface area contributed by atoms with Crippen LogP contribution < -0.4 is 0 Å². The minimum Gasteiger partial charge on any atom is -0.369 e. The first-order chi connectivity index (χ1) is 10.8. The van der Waals surface area contributed by atoms with Gasteiger partial charge in [-0.25, -0.2) is 0 Å². The molecule has 1 aromatic rings. The molecule has 0 atom stereocenters. The number of benzene rings is 1. The van der Waals surface area contributed by atoms with Gasteiger partial charge in [-0.2, -0.15) is 0 Å². The van der Waals surface area contributed by atoms with Crippen LogP contribution in [0.2, 0.25) is 0 Å². The number of hydrogen-bond donors (Lipinski definition) is 1. The maximum atomic E-state index is 7.29. The van der Waals surface area contributed by atoms with Crippen LogP contribution in [0.1, 0.15) is 31.2 Å². The highest BCUT2D eigenvalue weighted by Gasteiger charge is 2.36. The Bertz CT molecular complexity index is 462. The first-order valence-electron chi connectivity index (χ1n) is 8.49. The van der Waals surface area contributed by atoms with Crippen LogP contribution in [0.3, 0.4) is 0 Å². The summed E-state index contributed by atoms with van der Waals surface area (Å²) in [5, 5.41) is 7.29. The zero-order valence-corrected chi connectivity index (χ0v) is 13.3. The predicted octanol–water partition coefficient (Wildman–Crippen LogP) is 2.70. The van der Waals surface area contributed by atoms with Crippen molar-refractivity contribution >= 4 is 6.34 Å². The molecule has 1 aliphatic carbocycles. The molecule has 1 heterocycles. The zero-order valence-electron chi connectivity index (χ0n) is 13.3. The third-order valence-corrected chi connectivity index (χ3v) is 5.09. The van der Waals surface area contributed by atoms with Crippen LogP contribution in [0.5, 0.6) is 0 Å². The normalized spacial score (nSPS) is 21.9. The van der Waals surface area contributed by atoms with Crippen molar-refractivity contribution in [3.05, 3.63) is 35.9 Å². The van der Waals surface area contributed by atoms with Gasteiger partial charge in [0.25, 0.3) is 0 Å². The van der Waals surface area contributed by atoms with Crippen LogP contribution in [-0.4, -0.2) is 55.5 Å². The second kappa shape index (κ2) is 7.25. The van der Waals surface area contributed by atoms with Gasteiger partial charge in [0.05, 0.1) is 18.5 Å². The average Bonchev–Trinajstić information content (AvgIpc) is 3.06. The molecule has 0 unspecified atom stereocenters. The van der Waals surface area contributed by atoms with Gasteiger partial charge in [-0.15, -0.1) is 0 Å². The van der Waals surface area contributed by atoms with E-state index in [2.05, 4.69) is 40.1 Å². The van der Waals surface area contributed by atoms with Crippen LogP contribution in [0.15, 0.2) is 30.3 Å². The van der Waals surface area contributed by atoms with E-state index in [0.717, 1.165) is 52.2 Å². The van der Waals surface area contributed by atoms with Crippen LogP contribution in [0, 0.1) is 5.41 Å². The van der Waals surface area contributed by atoms with Crippen molar-refractivity contribution < 1.29 is 4.74 Å². The Balaban J connectivity index is 1.52. The molecule has 3 rings (SSSR count). The predicted molar refractivity (Wildman–Crippen MR) is 89.3 cm³/mol. The number of hydrogen-bond acceptors (Lipinski definition) is 3. The molecule has 1 N–H and O–H groups in total. The van der Waals surface area contributed by atoms with Crippen molar-refractivity contribution in [2.75, 3.05) is 39.3 Å². The Kier molecular flexibility index (Phi) is 5.11. The first-order valence-corrected chi connectivity index (χ1v) is 8.49. The Hall–Kier alpha value is -1.39. The molecule has 120 valence electrons. The summed E-state index contributed by atoms with van der Waals surface area (Å²) in [6.45, 7) is 5.81. The molecule has 2 fully saturated rings. The van der Waals surface area contributed by atoms with Gasteiger partial charge < -0.3 is 9.64 Å². The molecular weight excluding hydrogens is 274 g/mol. The van der Waals surface area contributed by atoms with Crippen LogP contribution in [0.4, 0.5) is 0 Å². The fourth-order valence-corrected chi connectivity index (χ4v) is 3.69. The van der Waals surface area contributed by atoms with E-state index >= 15 is 0 Å². The minimum atomic E-state index is -0.0436. The van der Waals surface area contributed by atoms with Gasteiger partial charge in [0.1, 0.15) is 0 Å². The smallest absolute Gasteiger partial charge is 0.0931 e. The zero-order chi connectivity index (χ0) is 15.3. The number of nitrogens with one attached hydrogen (secondary N) is 1. The highest BCUT2D eigenvalue weighted by atomic mass is 16.5. The lowest BCUT2D eigenvalue weighted by molar-refractivity contribution is -0.0547. The Morgan fingerprint density at radius 2 is 1.73 bits per heavy atom. The van der Waals surface area contributed by atoms with Gasteiger partial charge in [-0.3, -0.25) is 10.3 Å². The molecule has 0 spiro atoms. The first kappa shape index (κ1) is 15.5. The van der Waals surface area contributed by atoms with Gasteiger partial charge in [0.2, 0.25) is 0 Å². The summed E-state index contributed by atoms with van der Waals surface area (Å²) < 4.78 is 6.43. The second-order valence-electron chi connectivity index (χ2n) is 6.42. The fraction of sp³-hybridized carbons (Fsp3) is 0.611. The van der Waals surface area contributed by atoms with Gasteiger partial charge in [0, 0.05) is 32.7 Å². The summed E-state index contributed by atoms with van der Waals surface area (Å²) in [7, 11) is 0. The monoisotopic (exact) mass is 301 g/mol. The van der Waals surface area contributed by atoms with Crippen molar-refractivity contribution in [2.45, 2.75) is 31.3 Å². The van der Waals surface area contributed by atoms with Crippen molar-refractivity contribution in [3.63, 3.8) is 0 Å². The lowest BCUT2D eigenvalue weighted by atomic mass is 9.92. The van der Waals surface area contributed by atoms with Crippen LogP contribution >= 0.6 is 0 Å². The van der Waals surface area contributed by atoms with E-state index in [9.17, 15) is 0 Å². The van der Waals surface area contributed by atoms with Gasteiger partial charge >= 0.3 is 0 Å². The molecule has 0 radical (unpaired) electrons.